The summed E-state index contributed by atoms with van der Waals surface area (Å²) >= 11 is 0. The number of hydrogen-bond donors (Lipinski definition) is 1. The van der Waals surface area contributed by atoms with Crippen LogP contribution in [0.25, 0.3) is 0 Å². The summed E-state index contributed by atoms with van der Waals surface area (Å²) in [6, 6.07) is 24.3. The van der Waals surface area contributed by atoms with E-state index in [1.54, 1.807) is 56.3 Å². The Kier molecular flexibility index (Phi) is 9.34. The highest BCUT2D eigenvalue weighted by Crippen LogP contribution is 2.40. The van der Waals surface area contributed by atoms with Gasteiger partial charge in [-0.1, -0.05) is 54.6 Å². The molecule has 39 heavy (non-hydrogen) atoms. The molecule has 1 aliphatic rings. The summed E-state index contributed by atoms with van der Waals surface area (Å²) in [6.45, 7) is 3.56. The Morgan fingerprint density at radius 2 is 1.10 bits per heavy atom. The molecule has 202 valence electrons. The van der Waals surface area contributed by atoms with Crippen molar-refractivity contribution in [3.63, 3.8) is 0 Å². The molecule has 1 N–H and O–H groups in total. The third-order valence-electron chi connectivity index (χ3n) is 6.07. The maximum absolute atomic E-state index is 15.1. The van der Waals surface area contributed by atoms with E-state index in [0.29, 0.717) is 22.9 Å². The van der Waals surface area contributed by atoms with Crippen LogP contribution >= 0.6 is 0 Å². The Bertz CT molecular complexity index is 1270. The monoisotopic (exact) mass is 531 g/mol. The molecule has 0 spiro atoms. The van der Waals surface area contributed by atoms with E-state index in [1.165, 1.54) is 6.07 Å². The normalized spacial score (nSPS) is 13.5. The first-order chi connectivity index (χ1) is 19.0. The fraction of sp³-hybridized carbons (Fsp3) is 0.226. The molecule has 3 aromatic carbocycles. The second-order valence-electron chi connectivity index (χ2n) is 8.75. The Morgan fingerprint density at radius 3 is 1.56 bits per heavy atom. The maximum Gasteiger partial charge on any atom is 0.336 e. The summed E-state index contributed by atoms with van der Waals surface area (Å²) < 4.78 is 37.3. The number of para-hydroxylation sites is 2. The third kappa shape index (κ3) is 7.04. The number of carbonyl (C=O) groups excluding carboxylic acids is 2. The number of halogens is 1. The fourth-order valence-corrected chi connectivity index (χ4v) is 4.33. The smallest absolute Gasteiger partial charge is 0.336 e. The van der Waals surface area contributed by atoms with Crippen LogP contribution in [0.1, 0.15) is 25.3 Å². The first-order valence-corrected chi connectivity index (χ1v) is 12.6. The van der Waals surface area contributed by atoms with Crippen LogP contribution in [0.15, 0.2) is 107 Å². The van der Waals surface area contributed by atoms with Gasteiger partial charge in [0.2, 0.25) is 0 Å². The number of ether oxygens (including phenoxy) is 4. The van der Waals surface area contributed by atoms with Gasteiger partial charge in [0.05, 0.1) is 17.1 Å². The highest BCUT2D eigenvalue weighted by atomic mass is 19.1. The molecule has 1 aliphatic heterocycles. The molecule has 4 rings (SSSR count). The molecule has 8 heteroatoms. The molecule has 1 heterocycles. The first-order valence-electron chi connectivity index (χ1n) is 12.6. The lowest BCUT2D eigenvalue weighted by atomic mass is 9.80. The molecular formula is C31H30FNO6. The van der Waals surface area contributed by atoms with Gasteiger partial charge in [0.15, 0.2) is 0 Å². The Labute approximate surface area is 226 Å². The molecule has 0 atom stereocenters. The summed E-state index contributed by atoms with van der Waals surface area (Å²) in [5.41, 5.74) is 1.32. The number of esters is 2. The van der Waals surface area contributed by atoms with Crippen molar-refractivity contribution < 1.29 is 32.9 Å². The van der Waals surface area contributed by atoms with Crippen molar-refractivity contribution in [3.8, 4) is 11.5 Å². The van der Waals surface area contributed by atoms with E-state index in [4.69, 9.17) is 18.9 Å². The van der Waals surface area contributed by atoms with Crippen LogP contribution in [0.3, 0.4) is 0 Å². The molecule has 0 radical (unpaired) electrons. The molecular weight excluding hydrogens is 501 g/mol. The molecule has 0 saturated carbocycles. The van der Waals surface area contributed by atoms with Crippen LogP contribution < -0.4 is 14.8 Å². The Hall–Kier alpha value is -4.59. The molecule has 0 aromatic heterocycles. The van der Waals surface area contributed by atoms with Crippen LogP contribution in [-0.2, 0) is 19.1 Å². The van der Waals surface area contributed by atoms with E-state index in [2.05, 4.69) is 5.32 Å². The lowest BCUT2D eigenvalue weighted by Crippen LogP contribution is -2.33. The van der Waals surface area contributed by atoms with E-state index >= 15 is 4.39 Å². The van der Waals surface area contributed by atoms with Crippen molar-refractivity contribution >= 4 is 11.9 Å². The number of hydrogen-bond acceptors (Lipinski definition) is 7. The number of dihydropyridines is 1. The average molecular weight is 532 g/mol. The second-order valence-corrected chi connectivity index (χ2v) is 8.75. The number of benzene rings is 3. The van der Waals surface area contributed by atoms with Crippen LogP contribution in [0.5, 0.6) is 11.5 Å². The van der Waals surface area contributed by atoms with E-state index < -0.39 is 23.7 Å². The minimum absolute atomic E-state index is 0.0339. The lowest BCUT2D eigenvalue weighted by Gasteiger charge is -2.30. The largest absolute Gasteiger partial charge is 0.490 e. The minimum atomic E-state index is -1.03. The molecule has 3 aromatic rings. The van der Waals surface area contributed by atoms with Crippen LogP contribution in [0.4, 0.5) is 4.39 Å². The standard InChI is InChI=1S/C31H30FNO6/c1-21-27(30(34)38-19-17-36-23-11-5-3-6-12-23)29(25-15-9-10-16-26(25)32)28(22(2)33-21)31(35)39-20-18-37-24-13-7-4-8-14-24/h3-16,29,33H,17-20H2,1-2H3. The molecule has 0 fully saturated rings. The van der Waals surface area contributed by atoms with Crippen LogP contribution in [0, 0.1) is 5.82 Å². The summed E-state index contributed by atoms with van der Waals surface area (Å²) in [4.78, 5) is 26.6. The highest BCUT2D eigenvalue weighted by Gasteiger charge is 2.39. The zero-order chi connectivity index (χ0) is 27.6. The van der Waals surface area contributed by atoms with E-state index in [0.717, 1.165) is 0 Å². The zero-order valence-electron chi connectivity index (χ0n) is 21.8. The van der Waals surface area contributed by atoms with E-state index in [1.807, 2.05) is 36.4 Å². The van der Waals surface area contributed by atoms with Gasteiger partial charge in [-0.25, -0.2) is 14.0 Å². The molecule has 0 bridgehead atoms. The Balaban J connectivity index is 1.49. The van der Waals surface area contributed by atoms with Crippen molar-refractivity contribution in [2.75, 3.05) is 26.4 Å². The second kappa shape index (κ2) is 13.3. The predicted octanol–water partition coefficient (Wildman–Crippen LogP) is 5.30. The SMILES string of the molecule is CC1=C(C(=O)OCCOc2ccccc2)C(c2ccccc2F)C(C(=O)OCCOc2ccccc2)=C(C)N1. The summed E-state index contributed by atoms with van der Waals surface area (Å²) in [5, 5.41) is 3.07. The van der Waals surface area contributed by atoms with E-state index in [-0.39, 0.29) is 43.1 Å². The topological polar surface area (TPSA) is 83.1 Å². The molecule has 0 amide bonds. The van der Waals surface area contributed by atoms with Crippen LogP contribution in [0.2, 0.25) is 0 Å². The average Bonchev–Trinajstić information content (AvgIpc) is 2.94. The maximum atomic E-state index is 15.1. The molecule has 0 unspecified atom stereocenters. The van der Waals surface area contributed by atoms with Gasteiger partial charge in [-0.15, -0.1) is 0 Å². The number of allylic oxidation sites excluding steroid dienone is 2. The molecule has 7 nitrogen and oxygen atoms in total. The summed E-state index contributed by atoms with van der Waals surface area (Å²) in [5.74, 6) is -1.66. The van der Waals surface area contributed by atoms with Gasteiger partial charge in [-0.3, -0.25) is 0 Å². The number of rotatable bonds is 11. The van der Waals surface area contributed by atoms with Crippen molar-refractivity contribution in [2.24, 2.45) is 0 Å². The van der Waals surface area contributed by atoms with Crippen LogP contribution in [-0.4, -0.2) is 38.4 Å². The van der Waals surface area contributed by atoms with Crippen molar-refractivity contribution in [3.05, 3.63) is 119 Å². The molecule has 0 aliphatic carbocycles. The van der Waals surface area contributed by atoms with Gasteiger partial charge < -0.3 is 24.3 Å². The minimum Gasteiger partial charge on any atom is -0.490 e. The first kappa shape index (κ1) is 27.4. The van der Waals surface area contributed by atoms with Gasteiger partial charge in [0.25, 0.3) is 0 Å². The van der Waals surface area contributed by atoms with Crippen molar-refractivity contribution in [1.82, 2.24) is 5.32 Å². The van der Waals surface area contributed by atoms with Gasteiger partial charge in [0, 0.05) is 17.0 Å². The van der Waals surface area contributed by atoms with Gasteiger partial charge in [0.1, 0.15) is 43.7 Å². The van der Waals surface area contributed by atoms with Crippen molar-refractivity contribution in [2.45, 2.75) is 19.8 Å². The number of carbonyl (C=O) groups is 2. The predicted molar refractivity (Wildman–Crippen MR) is 143 cm³/mol. The fourth-order valence-electron chi connectivity index (χ4n) is 4.33. The van der Waals surface area contributed by atoms with Gasteiger partial charge in [-0.2, -0.15) is 0 Å². The zero-order valence-corrected chi connectivity index (χ0v) is 21.8. The van der Waals surface area contributed by atoms with E-state index in [9.17, 15) is 9.59 Å². The van der Waals surface area contributed by atoms with Gasteiger partial charge in [-0.05, 0) is 44.2 Å². The number of nitrogens with one attached hydrogen (secondary N) is 1. The quantitative estimate of drug-likeness (QED) is 0.265. The summed E-state index contributed by atoms with van der Waals surface area (Å²) in [7, 11) is 0. The Morgan fingerprint density at radius 1 is 0.667 bits per heavy atom. The highest BCUT2D eigenvalue weighted by molar-refractivity contribution is 5.99. The molecule has 0 saturated heterocycles. The van der Waals surface area contributed by atoms with Gasteiger partial charge >= 0.3 is 11.9 Å². The summed E-state index contributed by atoms with van der Waals surface area (Å²) in [6.07, 6.45) is 0. The lowest BCUT2D eigenvalue weighted by molar-refractivity contribution is -0.140. The third-order valence-corrected chi connectivity index (χ3v) is 6.07. The van der Waals surface area contributed by atoms with Crippen molar-refractivity contribution in [1.29, 1.82) is 0 Å².